The zero-order valence-electron chi connectivity index (χ0n) is 25.4. The third kappa shape index (κ3) is 33.9. The molecule has 0 aromatic rings. The van der Waals surface area contributed by atoms with Gasteiger partial charge < -0.3 is 10.4 Å². The Bertz CT molecular complexity index is 556. The summed E-state index contributed by atoms with van der Waals surface area (Å²) < 4.78 is 29.9. The van der Waals surface area contributed by atoms with E-state index in [1.165, 1.54) is 154 Å². The molecule has 0 radical (unpaired) electrons. The van der Waals surface area contributed by atoms with Gasteiger partial charge in [0.05, 0.1) is 11.9 Å². The van der Waals surface area contributed by atoms with E-state index in [1.54, 1.807) is 0 Å². The zero-order chi connectivity index (χ0) is 28.0. The van der Waals surface area contributed by atoms with E-state index in [0.29, 0.717) is 6.54 Å². The standard InChI is InChI=1S/C32H67NO4S/c1-2-3-4-5-6-7-8-9-10-11-12-13-14-15-16-17-18-19-20-21-22-23-24-25-26-27-28-32(34)31-33-29-30-38(35,36)37/h32-34H,2-31H2,1H3,(H,35,36,37). The molecule has 5 nitrogen and oxygen atoms in total. The van der Waals surface area contributed by atoms with E-state index in [2.05, 4.69) is 12.2 Å². The Hall–Kier alpha value is -0.170. The Labute approximate surface area is 238 Å². The van der Waals surface area contributed by atoms with Gasteiger partial charge in [-0.05, 0) is 6.42 Å². The van der Waals surface area contributed by atoms with Crippen LogP contribution >= 0.6 is 0 Å². The van der Waals surface area contributed by atoms with Crippen LogP contribution in [0.4, 0.5) is 0 Å². The molecule has 0 rings (SSSR count). The lowest BCUT2D eigenvalue weighted by Crippen LogP contribution is -2.30. The first kappa shape index (κ1) is 37.8. The van der Waals surface area contributed by atoms with Crippen molar-refractivity contribution in [3.8, 4) is 0 Å². The highest BCUT2D eigenvalue weighted by Gasteiger charge is 2.06. The molecule has 0 aromatic heterocycles. The first-order valence-corrected chi connectivity index (χ1v) is 18.4. The Balaban J connectivity index is 3.12. The Morgan fingerprint density at radius 2 is 0.816 bits per heavy atom. The lowest BCUT2D eigenvalue weighted by atomic mass is 10.0. The topological polar surface area (TPSA) is 86.6 Å². The van der Waals surface area contributed by atoms with Crippen molar-refractivity contribution in [1.82, 2.24) is 5.32 Å². The minimum absolute atomic E-state index is 0.176. The van der Waals surface area contributed by atoms with E-state index < -0.39 is 16.2 Å². The molecule has 0 fully saturated rings. The maximum atomic E-state index is 10.6. The normalized spacial score (nSPS) is 12.8. The third-order valence-corrected chi connectivity index (χ3v) is 8.53. The van der Waals surface area contributed by atoms with Gasteiger partial charge in [-0.2, -0.15) is 8.42 Å². The maximum absolute atomic E-state index is 10.6. The van der Waals surface area contributed by atoms with Crippen LogP contribution in [-0.2, 0) is 10.1 Å². The summed E-state index contributed by atoms with van der Waals surface area (Å²) in [6.45, 7) is 2.85. The maximum Gasteiger partial charge on any atom is 0.266 e. The fourth-order valence-corrected chi connectivity index (χ4v) is 5.67. The van der Waals surface area contributed by atoms with Crippen molar-refractivity contribution in [3.05, 3.63) is 0 Å². The molecule has 0 spiro atoms. The summed E-state index contributed by atoms with van der Waals surface area (Å²) in [5, 5.41) is 12.8. The van der Waals surface area contributed by atoms with E-state index in [4.69, 9.17) is 4.55 Å². The highest BCUT2D eigenvalue weighted by Crippen LogP contribution is 2.16. The van der Waals surface area contributed by atoms with Gasteiger partial charge >= 0.3 is 0 Å². The van der Waals surface area contributed by atoms with Gasteiger partial charge in [0.15, 0.2) is 0 Å². The van der Waals surface area contributed by atoms with E-state index in [1.807, 2.05) is 0 Å². The second kappa shape index (κ2) is 29.8. The van der Waals surface area contributed by atoms with E-state index in [9.17, 15) is 13.5 Å². The van der Waals surface area contributed by atoms with Gasteiger partial charge in [-0.25, -0.2) is 0 Å². The van der Waals surface area contributed by atoms with Crippen LogP contribution in [0.25, 0.3) is 0 Å². The molecule has 0 heterocycles. The molecule has 0 bridgehead atoms. The van der Waals surface area contributed by atoms with Crippen molar-refractivity contribution in [1.29, 1.82) is 0 Å². The number of aliphatic hydroxyl groups excluding tert-OH is 1. The molecular weight excluding hydrogens is 494 g/mol. The predicted octanol–water partition coefficient (Wildman–Crippen LogP) is 9.38. The number of unbranched alkanes of at least 4 members (excludes halogenated alkanes) is 25. The van der Waals surface area contributed by atoms with Gasteiger partial charge in [0.2, 0.25) is 0 Å². The van der Waals surface area contributed by atoms with Crippen LogP contribution < -0.4 is 5.32 Å². The SMILES string of the molecule is CCCCCCCCCCCCCCCCCCCCCCCCCCCCC(O)CNCCS(=O)(=O)O. The molecule has 230 valence electrons. The van der Waals surface area contributed by atoms with Gasteiger partial charge in [0, 0.05) is 13.1 Å². The van der Waals surface area contributed by atoms with E-state index in [-0.39, 0.29) is 12.3 Å². The molecule has 1 unspecified atom stereocenters. The lowest BCUT2D eigenvalue weighted by Gasteiger charge is -2.11. The smallest absolute Gasteiger partial charge is 0.266 e. The summed E-state index contributed by atoms with van der Waals surface area (Å²) in [6.07, 6.45) is 36.4. The molecular formula is C32H67NO4S. The summed E-state index contributed by atoms with van der Waals surface area (Å²) in [7, 11) is -3.92. The highest BCUT2D eigenvalue weighted by atomic mass is 32.2. The van der Waals surface area contributed by atoms with Gasteiger partial charge in [-0.1, -0.05) is 174 Å². The summed E-state index contributed by atoms with van der Waals surface area (Å²) in [6, 6.07) is 0. The minimum Gasteiger partial charge on any atom is -0.392 e. The number of hydrogen-bond acceptors (Lipinski definition) is 4. The van der Waals surface area contributed by atoms with Crippen molar-refractivity contribution in [2.24, 2.45) is 0 Å². The van der Waals surface area contributed by atoms with Crippen molar-refractivity contribution >= 4 is 10.1 Å². The second-order valence-corrected chi connectivity index (χ2v) is 13.3. The van der Waals surface area contributed by atoms with E-state index in [0.717, 1.165) is 19.3 Å². The summed E-state index contributed by atoms with van der Waals surface area (Å²) >= 11 is 0. The average Bonchev–Trinajstić information content (AvgIpc) is 2.88. The van der Waals surface area contributed by atoms with Crippen LogP contribution in [0.3, 0.4) is 0 Å². The molecule has 0 amide bonds. The average molecular weight is 562 g/mol. The number of rotatable bonds is 32. The number of nitrogens with one attached hydrogen (secondary N) is 1. The molecule has 0 aliphatic carbocycles. The Kier molecular flexibility index (Phi) is 29.7. The first-order chi connectivity index (χ1) is 18.5. The zero-order valence-corrected chi connectivity index (χ0v) is 26.2. The van der Waals surface area contributed by atoms with Crippen LogP contribution in [0.1, 0.15) is 180 Å². The molecule has 0 saturated carbocycles. The van der Waals surface area contributed by atoms with Gasteiger partial charge in [0.1, 0.15) is 0 Å². The summed E-state index contributed by atoms with van der Waals surface area (Å²) in [4.78, 5) is 0. The van der Waals surface area contributed by atoms with Gasteiger partial charge in [-0.15, -0.1) is 0 Å². The van der Waals surface area contributed by atoms with Crippen LogP contribution in [-0.4, -0.2) is 43.0 Å². The number of hydrogen-bond donors (Lipinski definition) is 3. The molecule has 6 heteroatoms. The predicted molar refractivity (Wildman–Crippen MR) is 166 cm³/mol. The van der Waals surface area contributed by atoms with Crippen molar-refractivity contribution in [2.75, 3.05) is 18.8 Å². The molecule has 1 atom stereocenters. The van der Waals surface area contributed by atoms with Crippen molar-refractivity contribution in [2.45, 2.75) is 186 Å². The van der Waals surface area contributed by atoms with Crippen molar-refractivity contribution in [3.63, 3.8) is 0 Å². The summed E-state index contributed by atoms with van der Waals surface area (Å²) in [5.74, 6) is -0.306. The molecule has 0 aliphatic rings. The minimum atomic E-state index is -3.92. The molecule has 0 aliphatic heterocycles. The fourth-order valence-electron chi connectivity index (χ4n) is 5.27. The molecule has 0 saturated heterocycles. The van der Waals surface area contributed by atoms with Gasteiger partial charge in [-0.3, -0.25) is 4.55 Å². The molecule has 0 aromatic carbocycles. The van der Waals surface area contributed by atoms with Crippen LogP contribution in [0.15, 0.2) is 0 Å². The quantitative estimate of drug-likeness (QED) is 0.0562. The monoisotopic (exact) mass is 561 g/mol. The first-order valence-electron chi connectivity index (χ1n) is 16.8. The van der Waals surface area contributed by atoms with Crippen molar-refractivity contribution < 1.29 is 18.1 Å². The van der Waals surface area contributed by atoms with Crippen LogP contribution in [0, 0.1) is 0 Å². The number of aliphatic hydroxyl groups is 1. The Morgan fingerprint density at radius 3 is 1.11 bits per heavy atom. The fraction of sp³-hybridized carbons (Fsp3) is 1.00. The summed E-state index contributed by atoms with van der Waals surface area (Å²) in [5.41, 5.74) is 0. The highest BCUT2D eigenvalue weighted by molar-refractivity contribution is 7.85. The molecule has 3 N–H and O–H groups in total. The van der Waals surface area contributed by atoms with E-state index >= 15 is 0 Å². The largest absolute Gasteiger partial charge is 0.392 e. The lowest BCUT2D eigenvalue weighted by molar-refractivity contribution is 0.158. The van der Waals surface area contributed by atoms with Crippen LogP contribution in [0.2, 0.25) is 0 Å². The Morgan fingerprint density at radius 1 is 0.526 bits per heavy atom. The molecule has 38 heavy (non-hydrogen) atoms. The second-order valence-electron chi connectivity index (χ2n) is 11.8. The van der Waals surface area contributed by atoms with Crippen LogP contribution in [0.5, 0.6) is 0 Å². The third-order valence-electron chi connectivity index (χ3n) is 7.81. The van der Waals surface area contributed by atoms with Gasteiger partial charge in [0.25, 0.3) is 10.1 Å².